The largest absolute Gasteiger partial charge is 0.358 e. The molecule has 0 spiro atoms. The van der Waals surface area contributed by atoms with E-state index in [-0.39, 0.29) is 5.91 Å². The van der Waals surface area contributed by atoms with Crippen LogP contribution >= 0.6 is 11.8 Å². The summed E-state index contributed by atoms with van der Waals surface area (Å²) in [5.41, 5.74) is 2.40. The number of rotatable bonds is 6. The van der Waals surface area contributed by atoms with Gasteiger partial charge in [-0.3, -0.25) is 4.79 Å². The third-order valence-electron chi connectivity index (χ3n) is 4.45. The summed E-state index contributed by atoms with van der Waals surface area (Å²) in [4.78, 5) is 16.6. The van der Waals surface area contributed by atoms with Crippen molar-refractivity contribution in [1.82, 2.24) is 10.3 Å². The summed E-state index contributed by atoms with van der Waals surface area (Å²) in [5, 5.41) is 4.35. The Kier molecular flexibility index (Phi) is 5.08. The van der Waals surface area contributed by atoms with Gasteiger partial charge in [-0.15, -0.1) is 11.8 Å². The number of H-pyrrole nitrogens is 1. The molecule has 1 aliphatic carbocycles. The maximum Gasteiger partial charge on any atom is 0.220 e. The lowest BCUT2D eigenvalue weighted by molar-refractivity contribution is -0.121. The molecule has 1 fully saturated rings. The second-order valence-electron chi connectivity index (χ2n) is 6.18. The van der Waals surface area contributed by atoms with Crippen molar-refractivity contribution < 1.29 is 4.79 Å². The first-order valence-electron chi connectivity index (χ1n) is 8.21. The van der Waals surface area contributed by atoms with Gasteiger partial charge in [0.2, 0.25) is 5.91 Å². The Bertz CT molecular complexity index is 644. The molecule has 2 aromatic rings. The molecule has 1 saturated carbocycles. The number of hydrogen-bond acceptors (Lipinski definition) is 2. The highest BCUT2D eigenvalue weighted by Gasteiger charge is 2.18. The molecule has 0 radical (unpaired) electrons. The van der Waals surface area contributed by atoms with E-state index in [0.29, 0.717) is 5.92 Å². The van der Waals surface area contributed by atoms with Crippen LogP contribution in [0.5, 0.6) is 0 Å². The number of aromatic nitrogens is 1. The van der Waals surface area contributed by atoms with Gasteiger partial charge in [-0.1, -0.05) is 31.0 Å². The number of nitrogens with one attached hydrogen (secondary N) is 2. The van der Waals surface area contributed by atoms with Crippen LogP contribution in [-0.2, 0) is 4.79 Å². The van der Waals surface area contributed by atoms with Gasteiger partial charge >= 0.3 is 0 Å². The molecular formula is C18H24N2OS. The van der Waals surface area contributed by atoms with Crippen molar-refractivity contribution >= 4 is 28.6 Å². The molecule has 4 heteroatoms. The molecule has 1 aliphatic rings. The van der Waals surface area contributed by atoms with Crippen LogP contribution in [0.3, 0.4) is 0 Å². The van der Waals surface area contributed by atoms with Crippen LogP contribution in [-0.4, -0.2) is 23.2 Å². The summed E-state index contributed by atoms with van der Waals surface area (Å²) in [7, 11) is 0. The van der Waals surface area contributed by atoms with Crippen LogP contribution in [0.4, 0.5) is 0 Å². The van der Waals surface area contributed by atoms with Crippen LogP contribution in [0, 0.1) is 12.8 Å². The Morgan fingerprint density at radius 2 is 2.09 bits per heavy atom. The average molecular weight is 316 g/mol. The van der Waals surface area contributed by atoms with E-state index in [2.05, 4.69) is 41.5 Å². The summed E-state index contributed by atoms with van der Waals surface area (Å²) in [5.74, 6) is 1.77. The van der Waals surface area contributed by atoms with E-state index in [4.69, 9.17) is 0 Å². The second-order valence-corrected chi connectivity index (χ2v) is 7.28. The normalized spacial score (nSPS) is 15.5. The van der Waals surface area contributed by atoms with Crippen LogP contribution in [0.25, 0.3) is 10.9 Å². The first-order chi connectivity index (χ1) is 10.7. The third kappa shape index (κ3) is 3.67. The molecule has 0 saturated heterocycles. The summed E-state index contributed by atoms with van der Waals surface area (Å²) < 4.78 is 0. The van der Waals surface area contributed by atoms with Gasteiger partial charge in [0.05, 0.1) is 0 Å². The van der Waals surface area contributed by atoms with E-state index < -0.39 is 0 Å². The Hall–Kier alpha value is -1.42. The quantitative estimate of drug-likeness (QED) is 0.617. The lowest BCUT2D eigenvalue weighted by Gasteiger charge is -2.09. The van der Waals surface area contributed by atoms with Crippen molar-refractivity contribution in [3.63, 3.8) is 0 Å². The zero-order chi connectivity index (χ0) is 15.4. The predicted octanol–water partition coefficient (Wildman–Crippen LogP) is 4.26. The van der Waals surface area contributed by atoms with Crippen molar-refractivity contribution in [1.29, 1.82) is 0 Å². The molecule has 2 N–H and O–H groups in total. The molecule has 3 nitrogen and oxygen atoms in total. The molecule has 0 atom stereocenters. The van der Waals surface area contributed by atoms with Crippen LogP contribution in [0.1, 0.15) is 37.8 Å². The maximum atomic E-state index is 11.9. The van der Waals surface area contributed by atoms with E-state index in [1.165, 1.54) is 47.2 Å². The van der Waals surface area contributed by atoms with Crippen LogP contribution in [0.15, 0.2) is 29.2 Å². The molecule has 0 unspecified atom stereocenters. The molecule has 3 rings (SSSR count). The molecule has 0 aliphatic heterocycles. The lowest BCUT2D eigenvalue weighted by atomic mass is 10.0. The van der Waals surface area contributed by atoms with Gasteiger partial charge in [0.25, 0.3) is 0 Å². The van der Waals surface area contributed by atoms with Gasteiger partial charge in [-0.05, 0) is 31.7 Å². The minimum atomic E-state index is 0.225. The third-order valence-corrected chi connectivity index (χ3v) is 5.68. The van der Waals surface area contributed by atoms with E-state index >= 15 is 0 Å². The minimum absolute atomic E-state index is 0.225. The lowest BCUT2D eigenvalue weighted by Crippen LogP contribution is -2.27. The number of amides is 1. The summed E-state index contributed by atoms with van der Waals surface area (Å²) in [6, 6.07) is 8.38. The van der Waals surface area contributed by atoms with Crippen molar-refractivity contribution in [2.45, 2.75) is 43.9 Å². The van der Waals surface area contributed by atoms with Gasteiger partial charge in [0.15, 0.2) is 0 Å². The van der Waals surface area contributed by atoms with Gasteiger partial charge < -0.3 is 10.3 Å². The van der Waals surface area contributed by atoms with E-state index in [1.54, 1.807) is 0 Å². The van der Waals surface area contributed by atoms with Crippen molar-refractivity contribution in [2.24, 2.45) is 5.92 Å². The van der Waals surface area contributed by atoms with Gasteiger partial charge in [-0.25, -0.2) is 0 Å². The first-order valence-corrected chi connectivity index (χ1v) is 9.19. The Morgan fingerprint density at radius 1 is 1.32 bits per heavy atom. The standard InChI is InChI=1S/C18H24N2OS/c1-13-18(15-8-4-5-9-16(15)20-13)22-11-10-19-17(21)12-14-6-2-3-7-14/h4-5,8-9,14,20H,2-3,6-7,10-12H2,1H3,(H,19,21). The second kappa shape index (κ2) is 7.23. The van der Waals surface area contributed by atoms with Gasteiger partial charge in [0, 0.05) is 40.2 Å². The number of carbonyl (C=O) groups is 1. The number of carbonyl (C=O) groups excluding carboxylic acids is 1. The molecule has 1 aromatic heterocycles. The molecule has 0 bridgehead atoms. The van der Waals surface area contributed by atoms with Gasteiger partial charge in [0.1, 0.15) is 0 Å². The SMILES string of the molecule is Cc1[nH]c2ccccc2c1SCCNC(=O)CC1CCCC1. The summed E-state index contributed by atoms with van der Waals surface area (Å²) >= 11 is 1.82. The maximum absolute atomic E-state index is 11.9. The van der Waals surface area contributed by atoms with Gasteiger partial charge in [-0.2, -0.15) is 0 Å². The number of aromatic amines is 1. The Morgan fingerprint density at radius 3 is 2.91 bits per heavy atom. The Balaban J connectivity index is 1.46. The highest BCUT2D eigenvalue weighted by atomic mass is 32.2. The first kappa shape index (κ1) is 15.5. The van der Waals surface area contributed by atoms with Crippen molar-refractivity contribution in [2.75, 3.05) is 12.3 Å². The van der Waals surface area contributed by atoms with E-state index in [1.807, 2.05) is 11.8 Å². The zero-order valence-corrected chi connectivity index (χ0v) is 14.0. The topological polar surface area (TPSA) is 44.9 Å². The fourth-order valence-corrected chi connectivity index (χ4v) is 4.34. The van der Waals surface area contributed by atoms with Crippen LogP contribution < -0.4 is 5.32 Å². The fraction of sp³-hybridized carbons (Fsp3) is 0.500. The van der Waals surface area contributed by atoms with E-state index in [0.717, 1.165) is 18.7 Å². The number of benzene rings is 1. The van der Waals surface area contributed by atoms with Crippen molar-refractivity contribution in [3.8, 4) is 0 Å². The van der Waals surface area contributed by atoms with Crippen LogP contribution in [0.2, 0.25) is 0 Å². The summed E-state index contributed by atoms with van der Waals surface area (Å²) in [6.07, 6.45) is 5.78. The Labute approximate surface area is 136 Å². The van der Waals surface area contributed by atoms with Crippen molar-refractivity contribution in [3.05, 3.63) is 30.0 Å². The molecule has 1 aromatic carbocycles. The highest BCUT2D eigenvalue weighted by molar-refractivity contribution is 7.99. The van der Waals surface area contributed by atoms with E-state index in [9.17, 15) is 4.79 Å². The molecule has 118 valence electrons. The average Bonchev–Trinajstić information content (AvgIpc) is 3.11. The molecule has 1 amide bonds. The number of thioether (sulfide) groups is 1. The molecular weight excluding hydrogens is 292 g/mol. The molecule has 1 heterocycles. The smallest absolute Gasteiger partial charge is 0.220 e. The molecule has 22 heavy (non-hydrogen) atoms. The highest BCUT2D eigenvalue weighted by Crippen LogP contribution is 2.31. The number of para-hydroxylation sites is 1. The number of hydrogen-bond donors (Lipinski definition) is 2. The predicted molar refractivity (Wildman–Crippen MR) is 93.3 cm³/mol. The zero-order valence-electron chi connectivity index (χ0n) is 13.2. The minimum Gasteiger partial charge on any atom is -0.358 e. The number of aryl methyl sites for hydroxylation is 1. The number of fused-ring (bicyclic) bond motifs is 1. The monoisotopic (exact) mass is 316 g/mol. The summed E-state index contributed by atoms with van der Waals surface area (Å²) in [6.45, 7) is 2.86. The fourth-order valence-electron chi connectivity index (χ4n) is 3.33.